The molecule has 110 valence electrons. The maximum Gasteiger partial charge on any atom is 0.239 e. The summed E-state index contributed by atoms with van der Waals surface area (Å²) in [6.07, 6.45) is 5.31. The van der Waals surface area contributed by atoms with Crippen LogP contribution in [0.1, 0.15) is 39.0 Å². The second-order valence-corrected chi connectivity index (χ2v) is 5.72. The minimum atomic E-state index is -0.413. The highest BCUT2D eigenvalue weighted by Gasteiger charge is 2.29. The highest BCUT2D eigenvalue weighted by atomic mass is 16.5. The third-order valence-electron chi connectivity index (χ3n) is 4.28. The largest absolute Gasteiger partial charge is 0.391 e. The van der Waals surface area contributed by atoms with Crippen molar-refractivity contribution in [3.8, 4) is 0 Å². The maximum atomic E-state index is 12.0. The van der Waals surface area contributed by atoms with Crippen LogP contribution in [0.15, 0.2) is 0 Å². The average molecular weight is 270 g/mol. The van der Waals surface area contributed by atoms with Gasteiger partial charge in [0.05, 0.1) is 18.8 Å². The van der Waals surface area contributed by atoms with Crippen molar-refractivity contribution in [2.24, 2.45) is 5.92 Å². The van der Waals surface area contributed by atoms with Crippen molar-refractivity contribution in [2.75, 3.05) is 19.7 Å². The standard InChI is InChI=1S/C14H26N2O3/c1-10-13(15-7-8-19-10)14(18)16-9-12(17)11-5-3-2-4-6-11/h10-13,15,17H,2-9H2,1H3,(H,16,18)/t10-,12?,13+/m1/s1. The molecule has 2 aliphatic rings. The monoisotopic (exact) mass is 270 g/mol. The van der Waals surface area contributed by atoms with Gasteiger partial charge in [0, 0.05) is 13.1 Å². The summed E-state index contributed by atoms with van der Waals surface area (Å²) >= 11 is 0. The number of carbonyl (C=O) groups is 1. The minimum absolute atomic E-state index is 0.0675. The highest BCUT2D eigenvalue weighted by molar-refractivity contribution is 5.82. The van der Waals surface area contributed by atoms with Crippen LogP contribution < -0.4 is 10.6 Å². The Morgan fingerprint density at radius 1 is 1.42 bits per heavy atom. The van der Waals surface area contributed by atoms with Crippen molar-refractivity contribution in [3.05, 3.63) is 0 Å². The van der Waals surface area contributed by atoms with Gasteiger partial charge in [-0.15, -0.1) is 0 Å². The van der Waals surface area contributed by atoms with Crippen molar-refractivity contribution < 1.29 is 14.6 Å². The predicted octanol–water partition coefficient (Wildman–Crippen LogP) is 0.421. The van der Waals surface area contributed by atoms with Crippen LogP contribution in [0.2, 0.25) is 0 Å². The molecule has 5 heteroatoms. The zero-order valence-corrected chi connectivity index (χ0v) is 11.7. The van der Waals surface area contributed by atoms with E-state index in [2.05, 4.69) is 10.6 Å². The van der Waals surface area contributed by atoms with Crippen LogP contribution in [0, 0.1) is 5.92 Å². The van der Waals surface area contributed by atoms with E-state index in [9.17, 15) is 9.90 Å². The Morgan fingerprint density at radius 3 is 2.84 bits per heavy atom. The molecule has 2 fully saturated rings. The molecule has 1 amide bonds. The normalized spacial score (nSPS) is 30.8. The number of aliphatic hydroxyl groups excluding tert-OH is 1. The Balaban J connectivity index is 1.72. The maximum absolute atomic E-state index is 12.0. The fraction of sp³-hybridized carbons (Fsp3) is 0.929. The number of hydrogen-bond donors (Lipinski definition) is 3. The quantitative estimate of drug-likeness (QED) is 0.692. The van der Waals surface area contributed by atoms with Gasteiger partial charge in [0.25, 0.3) is 0 Å². The van der Waals surface area contributed by atoms with Gasteiger partial charge in [-0.25, -0.2) is 0 Å². The van der Waals surface area contributed by atoms with Crippen LogP contribution in [-0.4, -0.2) is 49.0 Å². The third-order valence-corrected chi connectivity index (χ3v) is 4.28. The van der Waals surface area contributed by atoms with Gasteiger partial charge in [-0.1, -0.05) is 19.3 Å². The summed E-state index contributed by atoms with van der Waals surface area (Å²) in [7, 11) is 0. The molecule has 1 saturated heterocycles. The van der Waals surface area contributed by atoms with E-state index < -0.39 is 6.10 Å². The molecule has 3 N–H and O–H groups in total. The van der Waals surface area contributed by atoms with Gasteiger partial charge >= 0.3 is 0 Å². The second kappa shape index (κ2) is 7.22. The molecule has 1 saturated carbocycles. The Hall–Kier alpha value is -0.650. The predicted molar refractivity (Wildman–Crippen MR) is 72.8 cm³/mol. The van der Waals surface area contributed by atoms with Crippen LogP contribution in [-0.2, 0) is 9.53 Å². The van der Waals surface area contributed by atoms with E-state index in [1.54, 1.807) is 0 Å². The van der Waals surface area contributed by atoms with Gasteiger partial charge in [0.15, 0.2) is 0 Å². The Kier molecular flexibility index (Phi) is 5.60. The first-order valence-electron chi connectivity index (χ1n) is 7.49. The number of nitrogens with one attached hydrogen (secondary N) is 2. The number of morpholine rings is 1. The fourth-order valence-corrected chi connectivity index (χ4v) is 3.03. The molecule has 19 heavy (non-hydrogen) atoms. The summed E-state index contributed by atoms with van der Waals surface area (Å²) in [4.78, 5) is 12.0. The first-order chi connectivity index (χ1) is 9.18. The Labute approximate surface area is 115 Å². The van der Waals surface area contributed by atoms with Crippen molar-refractivity contribution in [2.45, 2.75) is 57.3 Å². The van der Waals surface area contributed by atoms with Crippen LogP contribution in [0.25, 0.3) is 0 Å². The molecule has 1 heterocycles. The van der Waals surface area contributed by atoms with Crippen molar-refractivity contribution in [1.82, 2.24) is 10.6 Å². The molecule has 1 unspecified atom stereocenters. The fourth-order valence-electron chi connectivity index (χ4n) is 3.03. The molecule has 5 nitrogen and oxygen atoms in total. The lowest BCUT2D eigenvalue weighted by atomic mass is 9.85. The number of aliphatic hydroxyl groups is 1. The Bertz CT molecular complexity index is 292. The number of rotatable bonds is 4. The number of carbonyl (C=O) groups excluding carboxylic acids is 1. The van der Waals surface area contributed by atoms with Crippen molar-refractivity contribution in [1.29, 1.82) is 0 Å². The van der Waals surface area contributed by atoms with Gasteiger partial charge < -0.3 is 20.5 Å². The van der Waals surface area contributed by atoms with E-state index in [1.807, 2.05) is 6.92 Å². The van der Waals surface area contributed by atoms with E-state index in [-0.39, 0.29) is 18.1 Å². The molecule has 1 aliphatic carbocycles. The lowest BCUT2D eigenvalue weighted by molar-refractivity contribution is -0.129. The number of ether oxygens (including phenoxy) is 1. The number of amides is 1. The average Bonchev–Trinajstić information content (AvgIpc) is 2.46. The van der Waals surface area contributed by atoms with Gasteiger partial charge in [-0.2, -0.15) is 0 Å². The van der Waals surface area contributed by atoms with Gasteiger partial charge in [0.1, 0.15) is 6.04 Å². The molecular weight excluding hydrogens is 244 g/mol. The lowest BCUT2D eigenvalue weighted by Crippen LogP contribution is -2.56. The van der Waals surface area contributed by atoms with E-state index in [0.717, 1.165) is 12.8 Å². The van der Waals surface area contributed by atoms with E-state index >= 15 is 0 Å². The third kappa shape index (κ3) is 4.16. The van der Waals surface area contributed by atoms with Gasteiger partial charge in [-0.3, -0.25) is 4.79 Å². The molecule has 1 aliphatic heterocycles. The minimum Gasteiger partial charge on any atom is -0.391 e. The number of hydrogen-bond acceptors (Lipinski definition) is 4. The van der Waals surface area contributed by atoms with E-state index in [0.29, 0.717) is 25.6 Å². The molecule has 0 spiro atoms. The lowest BCUT2D eigenvalue weighted by Gasteiger charge is -2.31. The molecule has 0 aromatic carbocycles. The first-order valence-corrected chi connectivity index (χ1v) is 7.49. The summed E-state index contributed by atoms with van der Waals surface area (Å²) < 4.78 is 5.45. The molecular formula is C14H26N2O3. The SMILES string of the molecule is C[C@H]1OCCN[C@@H]1C(=O)NCC(O)C1CCCCC1. The molecule has 0 bridgehead atoms. The zero-order chi connectivity index (χ0) is 13.7. The topological polar surface area (TPSA) is 70.6 Å². The molecule has 3 atom stereocenters. The zero-order valence-electron chi connectivity index (χ0n) is 11.7. The van der Waals surface area contributed by atoms with Crippen LogP contribution in [0.3, 0.4) is 0 Å². The van der Waals surface area contributed by atoms with Crippen LogP contribution in [0.4, 0.5) is 0 Å². The first kappa shape index (κ1) is 14.8. The summed E-state index contributed by atoms with van der Waals surface area (Å²) in [5.41, 5.74) is 0. The molecule has 0 aromatic heterocycles. The van der Waals surface area contributed by atoms with E-state index in [1.165, 1.54) is 19.3 Å². The summed E-state index contributed by atoms with van der Waals surface area (Å²) in [6.45, 7) is 3.60. The summed E-state index contributed by atoms with van der Waals surface area (Å²) in [5, 5.41) is 16.1. The molecule has 0 radical (unpaired) electrons. The molecule has 0 aromatic rings. The Morgan fingerprint density at radius 2 is 2.16 bits per heavy atom. The van der Waals surface area contributed by atoms with Gasteiger partial charge in [-0.05, 0) is 25.7 Å². The van der Waals surface area contributed by atoms with E-state index in [4.69, 9.17) is 4.74 Å². The molecule has 2 rings (SSSR count). The van der Waals surface area contributed by atoms with Crippen LogP contribution in [0.5, 0.6) is 0 Å². The summed E-state index contributed by atoms with van der Waals surface area (Å²) in [5.74, 6) is 0.282. The summed E-state index contributed by atoms with van der Waals surface area (Å²) in [6, 6.07) is -0.299. The van der Waals surface area contributed by atoms with Gasteiger partial charge in [0.2, 0.25) is 5.91 Å². The second-order valence-electron chi connectivity index (χ2n) is 5.72. The van der Waals surface area contributed by atoms with Crippen molar-refractivity contribution in [3.63, 3.8) is 0 Å². The van der Waals surface area contributed by atoms with Crippen LogP contribution >= 0.6 is 0 Å². The highest BCUT2D eigenvalue weighted by Crippen LogP contribution is 2.26. The van der Waals surface area contributed by atoms with Crippen molar-refractivity contribution >= 4 is 5.91 Å². The smallest absolute Gasteiger partial charge is 0.239 e.